The number of hydrogen-bond donors (Lipinski definition) is 3. The van der Waals surface area contributed by atoms with Crippen LogP contribution < -0.4 is 35.6 Å². The molecule has 0 bridgehead atoms. The van der Waals surface area contributed by atoms with Gasteiger partial charge in [0.15, 0.2) is 0 Å². The molecule has 1 saturated carbocycles. The van der Waals surface area contributed by atoms with E-state index in [0.29, 0.717) is 11.4 Å². The van der Waals surface area contributed by atoms with Crippen LogP contribution in [-0.4, -0.2) is 23.3 Å². The molecule has 3 aromatic carbocycles. The number of halogens is 5. The third-order valence-electron chi connectivity index (χ3n) is 5.49. The van der Waals surface area contributed by atoms with E-state index in [1.807, 2.05) is 12.1 Å². The minimum atomic E-state index is -1.31. The van der Waals surface area contributed by atoms with E-state index in [9.17, 15) is 19.2 Å². The molecule has 3 N–H and O–H groups in total. The molecule has 190 valence electrons. The Hall–Kier alpha value is -1.99. The number of quaternary nitrogens is 1. The molecule has 1 aliphatic rings. The second kappa shape index (κ2) is 11.2. The normalized spacial score (nSPS) is 18.9. The van der Waals surface area contributed by atoms with Crippen molar-refractivity contribution in [1.29, 1.82) is 0 Å². The maximum absolute atomic E-state index is 13.1. The van der Waals surface area contributed by atoms with Gasteiger partial charge in [0.1, 0.15) is 5.82 Å². The van der Waals surface area contributed by atoms with Gasteiger partial charge in [0.25, 0.3) is 0 Å². The van der Waals surface area contributed by atoms with Crippen molar-refractivity contribution < 1.29 is 43.7 Å². The predicted molar refractivity (Wildman–Crippen MR) is 132 cm³/mol. The van der Waals surface area contributed by atoms with Gasteiger partial charge in [0.05, 0.1) is 0 Å². The van der Waals surface area contributed by atoms with Gasteiger partial charge in [-0.1, -0.05) is 11.6 Å². The fraction of sp³-hybridized carbons (Fsp3) is 0.167. The number of benzene rings is 3. The summed E-state index contributed by atoms with van der Waals surface area (Å²) < 4.78 is 12.4. The molecule has 36 heavy (non-hydrogen) atoms. The summed E-state index contributed by atoms with van der Waals surface area (Å²) in [6.07, 6.45) is 0. The van der Waals surface area contributed by atoms with Crippen LogP contribution in [0.5, 0.6) is 0 Å². The Morgan fingerprint density at radius 1 is 1.03 bits per heavy atom. The first kappa shape index (κ1) is 27.1. The minimum absolute atomic E-state index is 0.124. The topological polar surface area (TPSA) is 94.9 Å². The molecule has 12 heteroatoms. The Balaban J connectivity index is 1.44. The van der Waals surface area contributed by atoms with Gasteiger partial charge in [-0.15, -0.1) is 0 Å². The molecule has 3 atom stereocenters. The molecular weight excluding hydrogens is 647 g/mol. The van der Waals surface area contributed by atoms with Crippen molar-refractivity contribution in [2.45, 2.75) is 10.3 Å². The summed E-state index contributed by atoms with van der Waals surface area (Å²) in [5.41, 5.74) is 1.62. The molecule has 3 unspecified atom stereocenters. The van der Waals surface area contributed by atoms with Gasteiger partial charge in [-0.25, -0.2) is 4.39 Å². The number of anilines is 2. The summed E-state index contributed by atoms with van der Waals surface area (Å²) in [7, 11) is 1.35. The Morgan fingerprint density at radius 2 is 1.67 bits per heavy atom. The number of carbonyl (C=O) groups is 2. The third-order valence-corrected chi connectivity index (χ3v) is 8.99. The average Bonchev–Trinajstić information content (AvgIpc) is 3.43. The zero-order chi connectivity index (χ0) is 26.0. The molecule has 7 nitrogen and oxygen atoms in total. The first-order chi connectivity index (χ1) is 17.1. The van der Waals surface area contributed by atoms with Crippen LogP contribution in [0.25, 0.3) is 0 Å². The van der Waals surface area contributed by atoms with Crippen LogP contribution in [0.2, 0.25) is 5.02 Å². The Morgan fingerprint density at radius 3 is 2.31 bits per heavy atom. The molecule has 2 amide bonds. The molecule has 4 rings (SSSR count). The molecule has 0 saturated heterocycles. The fourth-order valence-electron chi connectivity index (χ4n) is 3.66. The number of carbonyl (C=O) groups excluding carboxylic acids is 2. The Labute approximate surface area is 232 Å². The van der Waals surface area contributed by atoms with E-state index in [4.69, 9.17) is 39.6 Å². The van der Waals surface area contributed by atoms with Gasteiger partial charge < -0.3 is 5.32 Å². The molecule has 1 aliphatic carbocycles. The number of alkyl halides is 2. The van der Waals surface area contributed by atoms with Gasteiger partial charge in [0, 0.05) is 5.69 Å². The van der Waals surface area contributed by atoms with Crippen molar-refractivity contribution in [2.24, 2.45) is 5.92 Å². The van der Waals surface area contributed by atoms with E-state index in [1.54, 1.807) is 18.2 Å². The number of hydrogen-bond acceptors (Lipinski definition) is 4. The van der Waals surface area contributed by atoms with Crippen molar-refractivity contribution in [1.82, 2.24) is 0 Å². The van der Waals surface area contributed by atoms with Gasteiger partial charge in [0.2, 0.25) is 0 Å². The monoisotopic (exact) mass is 664 g/mol. The first-order valence-corrected chi connectivity index (χ1v) is 13.8. The standard InChI is InChI=1S/C24H19Cl3FIN3O4/c1-36-32(35)29-15-6-2-13(3-7-15)20-21(24(20,26)27)23(34)31-17-10-11-19(25)18(12-17)22(33)30-16-8-4-14(28)5-9-16/h2-12,20-21,32H,1H3,(H,30,33)(H,31,34)/q-1. The number of amides is 2. The van der Waals surface area contributed by atoms with E-state index >= 15 is 0 Å². The molecule has 0 spiro atoms. The molecule has 0 heterocycles. The zero-order valence-electron chi connectivity index (χ0n) is 18.5. The van der Waals surface area contributed by atoms with Gasteiger partial charge in [-0.2, -0.15) is 0 Å². The van der Waals surface area contributed by atoms with Crippen LogP contribution in [0, 0.1) is 20.5 Å². The van der Waals surface area contributed by atoms with Crippen molar-refractivity contribution in [3.05, 3.63) is 97.5 Å². The summed E-state index contributed by atoms with van der Waals surface area (Å²) in [5, 5.41) is 17.1. The van der Waals surface area contributed by atoms with Crippen LogP contribution in [0.15, 0.2) is 66.7 Å². The number of rotatable bonds is 8. The van der Waals surface area contributed by atoms with Crippen LogP contribution in [0.4, 0.5) is 15.8 Å². The predicted octanol–water partition coefficient (Wildman–Crippen LogP) is 1.38. The maximum atomic E-state index is 13.1. The summed E-state index contributed by atoms with van der Waals surface area (Å²) in [5.74, 6) is -2.54. The Kier molecular flexibility index (Phi) is 8.40. The molecule has 0 radical (unpaired) electrons. The first-order valence-electron chi connectivity index (χ1n) is 10.5. The van der Waals surface area contributed by atoms with Crippen LogP contribution in [-0.2, 0) is 9.63 Å². The fourth-order valence-corrected chi connectivity index (χ4v) is 6.14. The summed E-state index contributed by atoms with van der Waals surface area (Å²) >= 11 is 18.2. The molecule has 1 fully saturated rings. The molecule has 0 aromatic heterocycles. The van der Waals surface area contributed by atoms with Crippen LogP contribution in [0.3, 0.4) is 0 Å². The average molecular weight is 666 g/mol. The Bertz CT molecular complexity index is 1280. The summed E-state index contributed by atoms with van der Waals surface area (Å²) in [6, 6.07) is 17.0. The van der Waals surface area contributed by atoms with Gasteiger partial charge >= 0.3 is 171 Å². The van der Waals surface area contributed by atoms with Crippen LogP contribution >= 0.6 is 34.8 Å². The second-order valence-corrected chi connectivity index (χ2v) is 12.4. The third kappa shape index (κ3) is 6.10. The van der Waals surface area contributed by atoms with E-state index in [-0.39, 0.29) is 14.0 Å². The van der Waals surface area contributed by atoms with E-state index in [0.717, 1.165) is 9.13 Å². The van der Waals surface area contributed by atoms with Crippen molar-refractivity contribution in [3.8, 4) is 0 Å². The second-order valence-electron chi connectivity index (χ2n) is 7.86. The molecule has 0 aliphatic heterocycles. The quantitative estimate of drug-likeness (QED) is 0.147. The van der Waals surface area contributed by atoms with E-state index in [2.05, 4.69) is 10.6 Å². The summed E-state index contributed by atoms with van der Waals surface area (Å²) in [6.45, 7) is 0. The SMILES string of the molecule is CO[NH+]([O-])[I-]c1ccc(C2C(C(=O)Nc3ccc(Cl)c(C(=O)Nc4ccc(F)cc4)c3)C2(Cl)Cl)cc1. The summed E-state index contributed by atoms with van der Waals surface area (Å²) in [4.78, 5) is 30.4. The van der Waals surface area contributed by atoms with Crippen LogP contribution in [0.1, 0.15) is 21.8 Å². The van der Waals surface area contributed by atoms with Crippen molar-refractivity contribution in [3.63, 3.8) is 0 Å². The zero-order valence-corrected chi connectivity index (χ0v) is 23.0. The van der Waals surface area contributed by atoms with E-state index < -0.39 is 55.3 Å². The van der Waals surface area contributed by atoms with Crippen molar-refractivity contribution >= 4 is 58.0 Å². The number of nitrogens with one attached hydrogen (secondary N) is 3. The van der Waals surface area contributed by atoms with E-state index in [1.165, 1.54) is 43.5 Å². The van der Waals surface area contributed by atoms with Gasteiger partial charge in [-0.05, 0) is 24.3 Å². The molecule has 3 aromatic rings. The molecular formula is C24H19Cl3FIN3O4-. The van der Waals surface area contributed by atoms with Gasteiger partial charge in [-0.3, -0.25) is 4.79 Å². The van der Waals surface area contributed by atoms with Crippen molar-refractivity contribution in [2.75, 3.05) is 17.7 Å².